The second-order valence-electron chi connectivity index (χ2n) is 30.7. The van der Waals surface area contributed by atoms with Gasteiger partial charge in [0.25, 0.3) is 17.4 Å². The number of amides is 5. The number of likely N-dealkylation sites (N-methyl/N-ethyl adjacent to an activating group) is 1. The van der Waals surface area contributed by atoms with Crippen molar-refractivity contribution in [2.24, 2.45) is 17.1 Å². The van der Waals surface area contributed by atoms with Gasteiger partial charge in [-0.05, 0) is 155 Å². The number of aliphatic hydroxyl groups excluding tert-OH is 1. The molecule has 108 heavy (non-hydrogen) atoms. The van der Waals surface area contributed by atoms with Crippen LogP contribution in [0.25, 0.3) is 22.1 Å². The molecule has 1 saturated carbocycles. The van der Waals surface area contributed by atoms with Gasteiger partial charge in [0, 0.05) is 125 Å². The Balaban J connectivity index is 0.00000176. The lowest BCUT2D eigenvalue weighted by molar-refractivity contribution is -0.201. The molecule has 32 heteroatoms. The normalized spacial score (nSPS) is 27.9. The van der Waals surface area contributed by atoms with Crippen LogP contribution in [0.1, 0.15) is 104 Å². The molecular weight excluding hydrogens is 1420 g/mol. The van der Waals surface area contributed by atoms with Gasteiger partial charge < -0.3 is 76.6 Å². The number of aliphatic hydroxyl groups is 2. The van der Waals surface area contributed by atoms with Crippen LogP contribution in [0.15, 0.2) is 108 Å². The monoisotopic (exact) mass is 1510 g/mol. The number of benzene rings is 4. The largest absolute Gasteiger partial charge is 0.496 e. The van der Waals surface area contributed by atoms with E-state index in [1.54, 1.807) is 31.4 Å². The van der Waals surface area contributed by atoms with Gasteiger partial charge in [-0.1, -0.05) is 56.3 Å². The first-order valence-corrected chi connectivity index (χ1v) is 42.1. The van der Waals surface area contributed by atoms with E-state index in [1.807, 2.05) is 55.8 Å². The van der Waals surface area contributed by atoms with Gasteiger partial charge in [0.1, 0.15) is 17.9 Å². The van der Waals surface area contributed by atoms with Crippen LogP contribution < -0.4 is 53.1 Å². The molecule has 570 valence electrons. The van der Waals surface area contributed by atoms with Crippen LogP contribution in [-0.2, 0) is 61.5 Å². The maximum atomic E-state index is 14.6. The second-order valence-corrected chi connectivity index (χ2v) is 38.8. The number of primary amides is 1. The molecule has 7 aliphatic rings. The van der Waals surface area contributed by atoms with Gasteiger partial charge in [0.05, 0.1) is 37.1 Å². The van der Waals surface area contributed by atoms with E-state index in [0.29, 0.717) is 86.5 Å². The number of anilines is 4. The van der Waals surface area contributed by atoms with E-state index in [1.165, 1.54) is 16.7 Å². The Kier molecular flexibility index (Phi) is 21.5. The van der Waals surface area contributed by atoms with E-state index in [4.69, 9.17) is 39.5 Å². The number of H-pyrrole nitrogens is 2. The van der Waals surface area contributed by atoms with E-state index >= 15 is 0 Å². The lowest BCUT2D eigenvalue weighted by atomic mass is 9.47. The van der Waals surface area contributed by atoms with Crippen molar-refractivity contribution in [3.63, 3.8) is 0 Å². The summed E-state index contributed by atoms with van der Waals surface area (Å²) in [5, 5.41) is 50.8. The number of carboxylic acids is 1. The van der Waals surface area contributed by atoms with Crippen LogP contribution in [0.4, 0.5) is 27.8 Å². The molecule has 13 N–H and O–H groups in total. The zero-order valence-corrected chi connectivity index (χ0v) is 63.7. The quantitative estimate of drug-likeness (QED) is 0.0301. The molecule has 2 bridgehead atoms. The van der Waals surface area contributed by atoms with Crippen LogP contribution in [0.3, 0.4) is 0 Å². The highest BCUT2D eigenvalue weighted by atomic mass is 28.4. The number of fused-ring (bicyclic) bond motifs is 7. The molecular formula is C76H93N15O15Si2. The van der Waals surface area contributed by atoms with Gasteiger partial charge in [-0.15, -0.1) is 0 Å². The summed E-state index contributed by atoms with van der Waals surface area (Å²) in [6, 6.07) is 25.1. The first kappa shape index (κ1) is 77.3. The van der Waals surface area contributed by atoms with Crippen molar-refractivity contribution in [2.75, 3.05) is 80.9 Å². The number of carbonyl (C=O) groups is 5. The van der Waals surface area contributed by atoms with Crippen LogP contribution >= 0.6 is 0 Å². The Hall–Kier alpha value is -10.3. The number of nitrogens with zero attached hydrogens (tertiary/aromatic N) is 7. The number of rotatable bonds is 19. The van der Waals surface area contributed by atoms with Crippen molar-refractivity contribution in [3.8, 4) is 5.75 Å². The summed E-state index contributed by atoms with van der Waals surface area (Å²) in [4.78, 5) is 140. The Morgan fingerprint density at radius 1 is 0.907 bits per heavy atom. The van der Waals surface area contributed by atoms with E-state index in [2.05, 4.69) is 125 Å². The maximum absolute atomic E-state index is 14.6. The SMILES string of the molecule is CC[C@]1(NC(=O)Nc2ccc([Si](C)(C)O[Si]3(C)CC(C(=O)O)N(C(=O)CCCNC(=O)c4ccc(NCc5cnc6nc(N)[nH]c(=O)c6n5)cc4)C3)cc2)C[C@H]2CN(CCc3c([nH]c4ccccc34)[C@@](C)(c3cc4c(cc3OC)N(C)[C@H]3[C@@](O)(C(N)=O)[C@H](O)[C@]5(CC)C=CCN6CC[C@]43[C@H]65)C2)C1.O=C=O.O=C=O. The molecule has 7 aromatic rings. The number of ether oxygens (including phenoxy) is 1. The number of aromatic nitrogens is 5. The summed E-state index contributed by atoms with van der Waals surface area (Å²) in [6.07, 6.45) is 9.10. The minimum atomic E-state index is -2.85. The van der Waals surface area contributed by atoms with Crippen molar-refractivity contribution < 1.29 is 67.3 Å². The zero-order valence-electron chi connectivity index (χ0n) is 61.7. The number of hydrogen-bond donors (Lipinski definition) is 11. The molecule has 0 radical (unpaired) electrons. The first-order valence-electron chi connectivity index (χ1n) is 36.4. The standard InChI is InChI=1S/C74H93N15O11Si2.2CO2/c1-9-71(85-69(97)81-46-22-24-48(25-23-46)101(6,7)100-102(8)40-55(63(93)94)89(42-102)57(90)17-13-29-77-61(91)44-18-20-45(21-19-44)78-37-47-38-79-60-58(80-47)62(92)84-68(76)83-60)36-43-35-70(3,59-50(26-31-87(39-43)41-71)49-15-11-12-16-53(49)82-59)52-33-51-54(34-56(52)99-5)86(4)65-73(51)28-32-88-30-14-27-72(10-2,64(73)88)66(95)74(65,98)67(75)96;2*2-1-3/h11-12,14-16,18-25,27,33-34,38,43,55,64-66,78,82,95,98H,9-10,13,17,26,28-32,35-37,39-42H2,1-8H3,(H2,75,96)(H,77,91)(H,93,94)(H2,81,85,97)(H3,76,79,83,84,92);;/t43-,55?,64+,65+,66+,70+,71-,72+,73+,74-,102?;;/m0../s1. The van der Waals surface area contributed by atoms with Crippen LogP contribution in [0, 0.1) is 11.3 Å². The minimum Gasteiger partial charge on any atom is -0.496 e. The highest BCUT2D eigenvalue weighted by molar-refractivity contribution is 6.93. The molecule has 4 aromatic carbocycles. The average molecular weight is 1510 g/mol. The fourth-order valence-electron chi connectivity index (χ4n) is 19.5. The van der Waals surface area contributed by atoms with Crippen LogP contribution in [-0.4, -0.2) is 209 Å². The van der Waals surface area contributed by atoms with Gasteiger partial charge in [-0.2, -0.15) is 24.2 Å². The number of nitrogen functional groups attached to an aromatic ring is 1. The minimum absolute atomic E-state index is 0.0315. The van der Waals surface area contributed by atoms with Gasteiger partial charge >= 0.3 is 24.3 Å². The predicted molar refractivity (Wildman–Crippen MR) is 404 cm³/mol. The molecule has 5 amide bonds. The Bertz CT molecular complexity index is 4810. The molecule has 30 nitrogen and oxygen atoms in total. The van der Waals surface area contributed by atoms with E-state index in [0.717, 1.165) is 58.1 Å². The highest BCUT2D eigenvalue weighted by Crippen LogP contribution is 2.67. The number of para-hydroxylation sites is 1. The van der Waals surface area contributed by atoms with Gasteiger partial charge in [-0.3, -0.25) is 29.1 Å². The topological polar surface area (TPSA) is 433 Å². The van der Waals surface area contributed by atoms with Gasteiger partial charge in [-0.25, -0.2) is 19.6 Å². The number of aliphatic carboxylic acids is 1. The van der Waals surface area contributed by atoms with Crippen LogP contribution in [0.5, 0.6) is 5.75 Å². The molecule has 3 saturated heterocycles. The summed E-state index contributed by atoms with van der Waals surface area (Å²) in [5.74, 6) is -1.98. The third kappa shape index (κ3) is 13.8. The molecule has 3 aromatic heterocycles. The first-order chi connectivity index (χ1) is 51.4. The number of urea groups is 1. The van der Waals surface area contributed by atoms with Gasteiger partial charge in [0.2, 0.25) is 20.2 Å². The third-order valence-electron chi connectivity index (χ3n) is 23.9. The summed E-state index contributed by atoms with van der Waals surface area (Å²) in [6.45, 7) is 16.7. The van der Waals surface area contributed by atoms with Crippen LogP contribution in [0.2, 0.25) is 25.7 Å². The number of aromatic amines is 2. The lowest BCUT2D eigenvalue weighted by Crippen LogP contribution is -2.81. The Labute approximate surface area is 625 Å². The fraction of sp³-hybridized carbons (Fsp3) is 0.461. The maximum Gasteiger partial charge on any atom is 0.373 e. The number of nitrogens with two attached hydrogens (primary N) is 2. The predicted octanol–water partition coefficient (Wildman–Crippen LogP) is 4.51. The Morgan fingerprint density at radius 3 is 2.31 bits per heavy atom. The summed E-state index contributed by atoms with van der Waals surface area (Å²) < 4.78 is 13.6. The molecule has 1 aliphatic carbocycles. The van der Waals surface area contributed by atoms with Crippen molar-refractivity contribution >= 4 is 109 Å². The second kappa shape index (κ2) is 30.1. The molecule has 9 heterocycles. The van der Waals surface area contributed by atoms with E-state index < -0.39 is 79.6 Å². The zero-order chi connectivity index (χ0) is 77.6. The molecule has 1 spiro atoms. The molecule has 3 unspecified atom stereocenters. The molecule has 6 aliphatic heterocycles. The van der Waals surface area contributed by atoms with Crippen molar-refractivity contribution in [1.29, 1.82) is 0 Å². The Morgan fingerprint density at radius 2 is 1.62 bits per heavy atom. The van der Waals surface area contributed by atoms with E-state index in [-0.39, 0.29) is 90.9 Å². The molecule has 4 fully saturated rings. The highest BCUT2D eigenvalue weighted by Gasteiger charge is 2.78. The summed E-state index contributed by atoms with van der Waals surface area (Å²) >= 11 is 0. The molecule has 14 rings (SSSR count). The van der Waals surface area contributed by atoms with Crippen molar-refractivity contribution in [3.05, 3.63) is 147 Å². The summed E-state index contributed by atoms with van der Waals surface area (Å²) in [7, 11) is -1.99. The molecule has 12 atom stereocenters. The van der Waals surface area contributed by atoms with Gasteiger partial charge in [0.15, 0.2) is 25.1 Å². The van der Waals surface area contributed by atoms with E-state index in [9.17, 15) is 44.1 Å². The third-order valence-corrected chi connectivity index (χ3v) is 31.9. The van der Waals surface area contributed by atoms with Crippen molar-refractivity contribution in [1.82, 2.24) is 50.3 Å². The van der Waals surface area contributed by atoms with Crippen molar-refractivity contribution in [2.45, 2.75) is 151 Å². The number of carbonyl (C=O) groups excluding carboxylic acids is 8. The number of piperidine rings is 1. The summed E-state index contributed by atoms with van der Waals surface area (Å²) in [5.41, 5.74) is 14.7. The number of carboxylic acid groups (broad SMARTS) is 1. The smallest absolute Gasteiger partial charge is 0.373 e. The number of hydrogen-bond acceptors (Lipinski definition) is 22. The fourth-order valence-corrected chi connectivity index (χ4v) is 28.9. The lowest BCUT2D eigenvalue weighted by Gasteiger charge is -2.63. The number of methoxy groups -OCH3 is 1. The average Bonchev–Trinajstić information content (AvgIpc) is 1.47. The number of nitrogens with one attached hydrogen (secondary N) is 6.